The monoisotopic (exact) mass is 354 g/mol. The number of para-hydroxylation sites is 1. The molecule has 0 saturated heterocycles. The smallest absolute Gasteiger partial charge is 0.223 e. The lowest BCUT2D eigenvalue weighted by Crippen LogP contribution is -2.37. The summed E-state index contributed by atoms with van der Waals surface area (Å²) < 4.78 is 5.51. The van der Waals surface area contributed by atoms with Crippen molar-refractivity contribution in [3.8, 4) is 5.75 Å². The van der Waals surface area contributed by atoms with Crippen molar-refractivity contribution in [2.75, 3.05) is 19.7 Å². The van der Waals surface area contributed by atoms with Crippen LogP contribution in [0.3, 0.4) is 0 Å². The zero-order chi connectivity index (χ0) is 18.8. The maximum absolute atomic E-state index is 11.9. The minimum absolute atomic E-state index is 0.00471. The van der Waals surface area contributed by atoms with Crippen LogP contribution in [0.2, 0.25) is 0 Å². The van der Waals surface area contributed by atoms with Gasteiger partial charge < -0.3 is 15.0 Å². The lowest BCUT2D eigenvalue weighted by molar-refractivity contribution is -0.130. The van der Waals surface area contributed by atoms with Crippen molar-refractivity contribution in [2.24, 2.45) is 0 Å². The van der Waals surface area contributed by atoms with Gasteiger partial charge in [-0.2, -0.15) is 0 Å². The molecule has 0 aromatic heterocycles. The van der Waals surface area contributed by atoms with Gasteiger partial charge in [0.05, 0.1) is 13.0 Å². The second-order valence-corrected chi connectivity index (χ2v) is 6.13. The molecular formula is C21H26N2O3. The van der Waals surface area contributed by atoms with E-state index in [4.69, 9.17) is 4.74 Å². The fourth-order valence-electron chi connectivity index (χ4n) is 2.54. The summed E-state index contributed by atoms with van der Waals surface area (Å²) in [4.78, 5) is 25.5. The normalized spacial score (nSPS) is 10.2. The van der Waals surface area contributed by atoms with Gasteiger partial charge in [0.15, 0.2) is 0 Å². The van der Waals surface area contributed by atoms with Crippen LogP contribution in [0.25, 0.3) is 0 Å². The van der Waals surface area contributed by atoms with Gasteiger partial charge in [0.1, 0.15) is 5.75 Å². The van der Waals surface area contributed by atoms with Crippen LogP contribution in [-0.2, 0) is 16.1 Å². The molecule has 0 aliphatic rings. The van der Waals surface area contributed by atoms with Crippen molar-refractivity contribution in [3.05, 3.63) is 65.7 Å². The molecule has 2 rings (SSSR count). The second-order valence-electron chi connectivity index (χ2n) is 6.13. The van der Waals surface area contributed by atoms with Crippen molar-refractivity contribution >= 4 is 11.8 Å². The van der Waals surface area contributed by atoms with Crippen LogP contribution in [0, 0.1) is 6.92 Å². The predicted molar refractivity (Wildman–Crippen MR) is 102 cm³/mol. The molecule has 26 heavy (non-hydrogen) atoms. The molecule has 138 valence electrons. The number of aryl methyl sites for hydroxylation is 1. The van der Waals surface area contributed by atoms with Crippen molar-refractivity contribution < 1.29 is 14.3 Å². The predicted octanol–water partition coefficient (Wildman–Crippen LogP) is 2.93. The Hall–Kier alpha value is -2.82. The maximum Gasteiger partial charge on any atom is 0.223 e. The van der Waals surface area contributed by atoms with Gasteiger partial charge in [0.25, 0.3) is 0 Å². The number of benzene rings is 2. The van der Waals surface area contributed by atoms with Crippen molar-refractivity contribution in [1.82, 2.24) is 10.2 Å². The molecule has 1 N–H and O–H groups in total. The number of hydrogen-bond donors (Lipinski definition) is 1. The molecule has 2 amide bonds. The standard InChI is InChI=1S/C21H26N2O3/c1-17-8-6-7-9-19(17)16-23(18(2)24)14-13-22-21(25)12-15-26-20-10-4-3-5-11-20/h3-11H,12-16H2,1-2H3,(H,22,25). The molecule has 5 nitrogen and oxygen atoms in total. The van der Waals surface area contributed by atoms with E-state index >= 15 is 0 Å². The lowest BCUT2D eigenvalue weighted by atomic mass is 10.1. The molecule has 0 unspecified atom stereocenters. The molecule has 0 radical (unpaired) electrons. The summed E-state index contributed by atoms with van der Waals surface area (Å²) in [5.41, 5.74) is 2.27. The van der Waals surface area contributed by atoms with E-state index in [1.54, 1.807) is 11.8 Å². The molecule has 0 heterocycles. The van der Waals surface area contributed by atoms with Gasteiger partial charge in [-0.3, -0.25) is 9.59 Å². The summed E-state index contributed by atoms with van der Waals surface area (Å²) in [5.74, 6) is 0.663. The first-order chi connectivity index (χ1) is 12.6. The van der Waals surface area contributed by atoms with Gasteiger partial charge in [0, 0.05) is 26.6 Å². The number of amides is 2. The van der Waals surface area contributed by atoms with Gasteiger partial charge in [0.2, 0.25) is 11.8 Å². The average Bonchev–Trinajstić information content (AvgIpc) is 2.63. The molecule has 2 aromatic rings. The summed E-state index contributed by atoms with van der Waals surface area (Å²) >= 11 is 0. The Labute approximate surface area is 155 Å². The topological polar surface area (TPSA) is 58.6 Å². The van der Waals surface area contributed by atoms with Crippen molar-refractivity contribution in [1.29, 1.82) is 0 Å². The number of ether oxygens (including phenoxy) is 1. The number of hydrogen-bond acceptors (Lipinski definition) is 3. The van der Waals surface area contributed by atoms with E-state index in [1.165, 1.54) is 0 Å². The minimum Gasteiger partial charge on any atom is -0.493 e. The van der Waals surface area contributed by atoms with E-state index in [9.17, 15) is 9.59 Å². The fraction of sp³-hybridized carbons (Fsp3) is 0.333. The molecule has 0 aliphatic carbocycles. The number of nitrogens with one attached hydrogen (secondary N) is 1. The number of rotatable bonds is 9. The van der Waals surface area contributed by atoms with E-state index in [0.29, 0.717) is 26.2 Å². The van der Waals surface area contributed by atoms with Gasteiger partial charge in [-0.1, -0.05) is 42.5 Å². The first-order valence-corrected chi connectivity index (χ1v) is 8.81. The summed E-state index contributed by atoms with van der Waals surface area (Å²) in [5, 5.41) is 2.84. The highest BCUT2D eigenvalue weighted by molar-refractivity contribution is 5.76. The lowest BCUT2D eigenvalue weighted by Gasteiger charge is -2.22. The Morgan fingerprint density at radius 1 is 1.04 bits per heavy atom. The SMILES string of the molecule is CC(=O)N(CCNC(=O)CCOc1ccccc1)Cc1ccccc1C. The Kier molecular flexibility index (Phi) is 7.68. The Bertz CT molecular complexity index is 716. The van der Waals surface area contributed by atoms with Crippen LogP contribution in [0.15, 0.2) is 54.6 Å². The number of carbonyl (C=O) groups is 2. The van der Waals surface area contributed by atoms with Crippen LogP contribution in [0.1, 0.15) is 24.5 Å². The van der Waals surface area contributed by atoms with Crippen LogP contribution >= 0.6 is 0 Å². The summed E-state index contributed by atoms with van der Waals surface area (Å²) in [6.07, 6.45) is 0.284. The third-order valence-corrected chi connectivity index (χ3v) is 4.11. The molecule has 5 heteroatoms. The van der Waals surface area contributed by atoms with Crippen LogP contribution in [0.4, 0.5) is 0 Å². The van der Waals surface area contributed by atoms with Crippen LogP contribution in [-0.4, -0.2) is 36.4 Å². The Morgan fingerprint density at radius 3 is 2.42 bits per heavy atom. The summed E-state index contributed by atoms with van der Waals surface area (Å²) in [6.45, 7) is 5.37. The quantitative estimate of drug-likeness (QED) is 0.753. The van der Waals surface area contributed by atoms with Crippen LogP contribution < -0.4 is 10.1 Å². The first kappa shape index (κ1) is 19.5. The van der Waals surface area contributed by atoms with E-state index in [0.717, 1.165) is 16.9 Å². The van der Waals surface area contributed by atoms with E-state index in [-0.39, 0.29) is 18.2 Å². The molecule has 0 aliphatic heterocycles. The van der Waals surface area contributed by atoms with Crippen molar-refractivity contribution in [2.45, 2.75) is 26.8 Å². The summed E-state index contributed by atoms with van der Waals surface area (Å²) in [7, 11) is 0. The average molecular weight is 354 g/mol. The highest BCUT2D eigenvalue weighted by Crippen LogP contribution is 2.10. The molecule has 0 atom stereocenters. The Balaban J connectivity index is 1.71. The maximum atomic E-state index is 11.9. The largest absolute Gasteiger partial charge is 0.493 e. The second kappa shape index (κ2) is 10.2. The molecule has 0 saturated carbocycles. The minimum atomic E-state index is -0.0830. The zero-order valence-electron chi connectivity index (χ0n) is 15.4. The van der Waals surface area contributed by atoms with E-state index in [2.05, 4.69) is 5.32 Å². The van der Waals surface area contributed by atoms with Gasteiger partial charge in [-0.05, 0) is 30.2 Å². The van der Waals surface area contributed by atoms with E-state index in [1.807, 2.05) is 61.5 Å². The number of nitrogens with zero attached hydrogens (tertiary/aromatic N) is 1. The highest BCUT2D eigenvalue weighted by atomic mass is 16.5. The van der Waals surface area contributed by atoms with Crippen LogP contribution in [0.5, 0.6) is 5.75 Å². The highest BCUT2D eigenvalue weighted by Gasteiger charge is 2.11. The third kappa shape index (κ3) is 6.59. The van der Waals surface area contributed by atoms with Gasteiger partial charge >= 0.3 is 0 Å². The molecule has 0 fully saturated rings. The van der Waals surface area contributed by atoms with E-state index < -0.39 is 0 Å². The van der Waals surface area contributed by atoms with Gasteiger partial charge in [-0.25, -0.2) is 0 Å². The zero-order valence-corrected chi connectivity index (χ0v) is 15.4. The fourth-order valence-corrected chi connectivity index (χ4v) is 2.54. The molecule has 0 spiro atoms. The number of carbonyl (C=O) groups excluding carboxylic acids is 2. The molecular weight excluding hydrogens is 328 g/mol. The molecule has 2 aromatic carbocycles. The Morgan fingerprint density at radius 2 is 1.73 bits per heavy atom. The molecule has 0 bridgehead atoms. The van der Waals surface area contributed by atoms with Crippen molar-refractivity contribution in [3.63, 3.8) is 0 Å². The first-order valence-electron chi connectivity index (χ1n) is 8.81. The summed E-state index contributed by atoms with van der Waals surface area (Å²) in [6, 6.07) is 17.4. The van der Waals surface area contributed by atoms with Gasteiger partial charge in [-0.15, -0.1) is 0 Å². The third-order valence-electron chi connectivity index (χ3n) is 4.11.